The van der Waals surface area contributed by atoms with Crippen LogP contribution in [-0.2, 0) is 9.84 Å². The zero-order valence-corrected chi connectivity index (χ0v) is 20.8. The topological polar surface area (TPSA) is 89.2 Å². The highest BCUT2D eigenvalue weighted by atomic mass is 32.2. The summed E-state index contributed by atoms with van der Waals surface area (Å²) in [4.78, 5) is 10.00. The van der Waals surface area contributed by atoms with Crippen molar-refractivity contribution in [2.24, 2.45) is 11.8 Å². The van der Waals surface area contributed by atoms with Gasteiger partial charge in [-0.2, -0.15) is 9.61 Å². The fourth-order valence-corrected chi connectivity index (χ4v) is 7.26. The lowest BCUT2D eigenvalue weighted by atomic mass is 9.79. The van der Waals surface area contributed by atoms with Gasteiger partial charge in [0.15, 0.2) is 15.5 Å². The summed E-state index contributed by atoms with van der Waals surface area (Å²) in [6.45, 7) is 0. The number of sulfone groups is 1. The predicted molar refractivity (Wildman–Crippen MR) is 137 cm³/mol. The van der Waals surface area contributed by atoms with Gasteiger partial charge in [-0.1, -0.05) is 49.2 Å². The molecule has 2 saturated carbocycles. The first-order chi connectivity index (χ1) is 16.9. The SMILES string of the molecule is CNc1c(S(C)(=O)=O)c(C2C[C@H]3CC[C@@H](C2)C3)nc2c(-c3ccc(-c4ccccc4)nc3)cnn12. The summed E-state index contributed by atoms with van der Waals surface area (Å²) in [5, 5.41) is 7.67. The molecule has 1 aromatic carbocycles. The molecule has 1 unspecified atom stereocenters. The number of nitrogens with zero attached hydrogens (tertiary/aromatic N) is 4. The van der Waals surface area contributed by atoms with Gasteiger partial charge in [0.25, 0.3) is 0 Å². The lowest BCUT2D eigenvalue weighted by molar-refractivity contribution is 0.313. The second-order valence-corrected chi connectivity index (χ2v) is 12.0. The second kappa shape index (κ2) is 8.45. The molecule has 0 spiro atoms. The summed E-state index contributed by atoms with van der Waals surface area (Å²) in [5.41, 5.74) is 5.04. The molecular weight excluding hydrogens is 458 g/mol. The van der Waals surface area contributed by atoms with Crippen LogP contribution in [0.25, 0.3) is 28.0 Å². The highest BCUT2D eigenvalue weighted by molar-refractivity contribution is 7.91. The quantitative estimate of drug-likeness (QED) is 0.416. The van der Waals surface area contributed by atoms with E-state index >= 15 is 0 Å². The molecule has 3 atom stereocenters. The molecule has 2 fully saturated rings. The van der Waals surface area contributed by atoms with Gasteiger partial charge in [0.1, 0.15) is 10.7 Å². The van der Waals surface area contributed by atoms with E-state index in [1.807, 2.05) is 48.7 Å². The number of aromatic nitrogens is 4. The van der Waals surface area contributed by atoms with Crippen molar-refractivity contribution in [3.05, 3.63) is 60.6 Å². The van der Waals surface area contributed by atoms with Crippen molar-refractivity contribution in [2.75, 3.05) is 18.6 Å². The second-order valence-electron chi connectivity index (χ2n) is 10.0. The first-order valence-corrected chi connectivity index (χ1v) is 14.1. The Balaban J connectivity index is 1.50. The van der Waals surface area contributed by atoms with Gasteiger partial charge in [-0.3, -0.25) is 4.98 Å². The maximum Gasteiger partial charge on any atom is 0.180 e. The minimum atomic E-state index is -3.52. The van der Waals surface area contributed by atoms with E-state index < -0.39 is 9.84 Å². The minimum absolute atomic E-state index is 0.143. The highest BCUT2D eigenvalue weighted by Crippen LogP contribution is 2.49. The molecule has 3 heterocycles. The van der Waals surface area contributed by atoms with Crippen molar-refractivity contribution < 1.29 is 8.42 Å². The van der Waals surface area contributed by atoms with E-state index in [1.165, 1.54) is 25.5 Å². The van der Waals surface area contributed by atoms with Crippen molar-refractivity contribution >= 4 is 21.3 Å². The van der Waals surface area contributed by atoms with Crippen molar-refractivity contribution in [3.8, 4) is 22.4 Å². The summed E-state index contributed by atoms with van der Waals surface area (Å²) in [7, 11) is -1.78. The number of nitrogens with one attached hydrogen (secondary N) is 1. The smallest absolute Gasteiger partial charge is 0.180 e. The van der Waals surface area contributed by atoms with E-state index in [9.17, 15) is 8.42 Å². The fraction of sp³-hybridized carbons (Fsp3) is 0.370. The van der Waals surface area contributed by atoms with Crippen LogP contribution in [0.4, 0.5) is 5.82 Å². The van der Waals surface area contributed by atoms with E-state index in [0.29, 0.717) is 29.0 Å². The Labute approximate surface area is 205 Å². The zero-order valence-electron chi connectivity index (χ0n) is 20.0. The first-order valence-electron chi connectivity index (χ1n) is 12.2. The molecule has 0 amide bonds. The average Bonchev–Trinajstić information content (AvgIpc) is 3.45. The van der Waals surface area contributed by atoms with Crippen molar-refractivity contribution in [1.29, 1.82) is 0 Å². The molecule has 0 aliphatic heterocycles. The van der Waals surface area contributed by atoms with Crippen LogP contribution in [0.5, 0.6) is 0 Å². The van der Waals surface area contributed by atoms with Gasteiger partial charge in [-0.15, -0.1) is 0 Å². The molecule has 35 heavy (non-hydrogen) atoms. The summed E-state index contributed by atoms with van der Waals surface area (Å²) in [6, 6.07) is 14.1. The number of fused-ring (bicyclic) bond motifs is 3. The van der Waals surface area contributed by atoms with E-state index in [0.717, 1.165) is 35.2 Å². The number of hydrogen-bond acceptors (Lipinski definition) is 6. The summed E-state index contributed by atoms with van der Waals surface area (Å²) >= 11 is 0. The molecule has 1 N–H and O–H groups in total. The Hall–Kier alpha value is -3.26. The fourth-order valence-electron chi connectivity index (χ4n) is 6.12. The molecular formula is C27H29N5O2S. The van der Waals surface area contributed by atoms with Gasteiger partial charge in [-0.25, -0.2) is 13.4 Å². The van der Waals surface area contributed by atoms with Crippen LogP contribution in [0.1, 0.15) is 43.7 Å². The highest BCUT2D eigenvalue weighted by Gasteiger charge is 2.38. The Morgan fingerprint density at radius 2 is 1.69 bits per heavy atom. The van der Waals surface area contributed by atoms with Gasteiger partial charge < -0.3 is 5.32 Å². The standard InChI is InChI=1S/C27H29N5O2S/c1-28-27-25(35(2,33)34)24(21-13-17-8-9-18(12-17)14-21)31-26-22(16-30-32(26)27)20-10-11-23(29-15-20)19-6-4-3-5-7-19/h3-7,10-11,15-18,21,28H,8-9,12-14H2,1-2H3/t17-,18+,21?. The predicted octanol–water partition coefficient (Wildman–Crippen LogP) is 5.20. The molecule has 4 aromatic rings. The Morgan fingerprint density at radius 3 is 2.31 bits per heavy atom. The van der Waals surface area contributed by atoms with E-state index in [1.54, 1.807) is 17.8 Å². The van der Waals surface area contributed by atoms with E-state index in [4.69, 9.17) is 4.98 Å². The molecule has 0 saturated heterocycles. The van der Waals surface area contributed by atoms with E-state index in [2.05, 4.69) is 15.4 Å². The Morgan fingerprint density at radius 1 is 0.943 bits per heavy atom. The number of rotatable bonds is 5. The monoisotopic (exact) mass is 487 g/mol. The summed E-state index contributed by atoms with van der Waals surface area (Å²) in [6.07, 6.45) is 10.6. The van der Waals surface area contributed by atoms with Gasteiger partial charge in [0, 0.05) is 42.1 Å². The number of anilines is 1. The molecule has 6 rings (SSSR count). The molecule has 180 valence electrons. The molecule has 0 radical (unpaired) electrons. The van der Waals surface area contributed by atoms with Crippen LogP contribution in [-0.4, -0.2) is 41.3 Å². The molecule has 2 aliphatic rings. The third-order valence-corrected chi connectivity index (χ3v) is 8.80. The maximum absolute atomic E-state index is 13.0. The normalized spacial score (nSPS) is 21.9. The zero-order chi connectivity index (χ0) is 24.2. The number of benzene rings is 1. The van der Waals surface area contributed by atoms with Crippen LogP contribution in [0.3, 0.4) is 0 Å². The van der Waals surface area contributed by atoms with Crippen LogP contribution in [0.2, 0.25) is 0 Å². The summed E-state index contributed by atoms with van der Waals surface area (Å²) in [5.74, 6) is 1.96. The van der Waals surface area contributed by atoms with Gasteiger partial charge in [0.2, 0.25) is 0 Å². The molecule has 2 aliphatic carbocycles. The van der Waals surface area contributed by atoms with Crippen LogP contribution < -0.4 is 5.32 Å². The molecule has 3 aromatic heterocycles. The van der Waals surface area contributed by atoms with Crippen molar-refractivity contribution in [3.63, 3.8) is 0 Å². The summed E-state index contributed by atoms with van der Waals surface area (Å²) < 4.78 is 27.7. The van der Waals surface area contributed by atoms with E-state index in [-0.39, 0.29) is 10.8 Å². The Kier molecular flexibility index (Phi) is 5.36. The van der Waals surface area contributed by atoms with Gasteiger partial charge in [-0.05, 0) is 37.2 Å². The lowest BCUT2D eigenvalue weighted by Gasteiger charge is -2.29. The minimum Gasteiger partial charge on any atom is -0.372 e. The van der Waals surface area contributed by atoms with Crippen molar-refractivity contribution in [1.82, 2.24) is 19.6 Å². The maximum atomic E-state index is 13.0. The lowest BCUT2D eigenvalue weighted by Crippen LogP contribution is -2.21. The third-order valence-electron chi connectivity index (χ3n) is 7.65. The largest absolute Gasteiger partial charge is 0.372 e. The van der Waals surface area contributed by atoms with Crippen LogP contribution in [0.15, 0.2) is 59.8 Å². The van der Waals surface area contributed by atoms with Crippen LogP contribution in [0, 0.1) is 11.8 Å². The number of pyridine rings is 1. The molecule has 2 bridgehead atoms. The first kappa shape index (κ1) is 22.2. The van der Waals surface area contributed by atoms with Gasteiger partial charge >= 0.3 is 0 Å². The number of hydrogen-bond donors (Lipinski definition) is 1. The van der Waals surface area contributed by atoms with Crippen molar-refractivity contribution in [2.45, 2.75) is 42.9 Å². The third kappa shape index (κ3) is 3.89. The average molecular weight is 488 g/mol. The van der Waals surface area contributed by atoms with Gasteiger partial charge in [0.05, 0.1) is 17.6 Å². The molecule has 8 heteroatoms. The molecule has 7 nitrogen and oxygen atoms in total. The van der Waals surface area contributed by atoms with Crippen LogP contribution >= 0.6 is 0 Å². The Bertz CT molecular complexity index is 1480.